The van der Waals surface area contributed by atoms with Gasteiger partial charge in [-0.1, -0.05) is 31.2 Å². The highest BCUT2D eigenvalue weighted by Crippen LogP contribution is 2.22. The molecule has 0 spiro atoms. The minimum atomic E-state index is -0.756. The second kappa shape index (κ2) is 7.17. The molecule has 7 heteroatoms. The zero-order valence-electron chi connectivity index (χ0n) is 12.4. The van der Waals surface area contributed by atoms with Crippen LogP contribution in [0.3, 0.4) is 0 Å². The lowest BCUT2D eigenvalue weighted by Crippen LogP contribution is -2.17. The van der Waals surface area contributed by atoms with Crippen molar-refractivity contribution in [3.05, 3.63) is 69.3 Å². The van der Waals surface area contributed by atoms with Crippen LogP contribution in [-0.4, -0.2) is 17.0 Å². The van der Waals surface area contributed by atoms with Gasteiger partial charge >= 0.3 is 0 Å². The van der Waals surface area contributed by atoms with E-state index >= 15 is 0 Å². The average Bonchev–Trinajstić information content (AvgIpc) is 2.56. The summed E-state index contributed by atoms with van der Waals surface area (Å²) in [6.07, 6.45) is 2.12. The lowest BCUT2D eigenvalue weighted by molar-refractivity contribution is -0.398. The van der Waals surface area contributed by atoms with Crippen LogP contribution in [-0.2, 0) is 6.42 Å². The molecule has 2 aromatic carbocycles. The summed E-state index contributed by atoms with van der Waals surface area (Å²) < 4.78 is 0. The zero-order chi connectivity index (χ0) is 16.8. The Balaban J connectivity index is 2.04. The van der Waals surface area contributed by atoms with Gasteiger partial charge in [0, 0.05) is 17.2 Å². The predicted octanol–water partition coefficient (Wildman–Crippen LogP) is 1.99. The smallest absolute Gasteiger partial charge is 0.271 e. The molecule has 0 heterocycles. The Morgan fingerprint density at radius 3 is 2.57 bits per heavy atom. The number of carbonyl (C=O) groups excluding carboxylic acids is 1. The van der Waals surface area contributed by atoms with Crippen LogP contribution in [0.5, 0.6) is 5.75 Å². The Kier molecular flexibility index (Phi) is 5.03. The summed E-state index contributed by atoms with van der Waals surface area (Å²) in [5.74, 6) is -1.06. The van der Waals surface area contributed by atoms with Crippen molar-refractivity contribution < 1.29 is 14.8 Å². The molecule has 0 atom stereocenters. The van der Waals surface area contributed by atoms with Crippen LogP contribution in [0.25, 0.3) is 0 Å². The minimum Gasteiger partial charge on any atom is -0.868 e. The van der Waals surface area contributed by atoms with Gasteiger partial charge in [-0.3, -0.25) is 14.9 Å². The van der Waals surface area contributed by atoms with Gasteiger partial charge < -0.3 is 5.11 Å². The fourth-order valence-corrected chi connectivity index (χ4v) is 1.88. The number of nitro benzene ring substituents is 1. The number of aryl methyl sites for hydroxylation is 1. The summed E-state index contributed by atoms with van der Waals surface area (Å²) in [4.78, 5) is 21.8. The molecule has 23 heavy (non-hydrogen) atoms. The van der Waals surface area contributed by atoms with Gasteiger partial charge in [0.05, 0.1) is 11.1 Å². The Hall–Kier alpha value is -3.22. The monoisotopic (exact) mass is 312 g/mol. The maximum atomic E-state index is 11.9. The number of benzene rings is 2. The summed E-state index contributed by atoms with van der Waals surface area (Å²) in [5.41, 5.74) is 3.72. The molecule has 0 fully saturated rings. The second-order valence-electron chi connectivity index (χ2n) is 4.73. The van der Waals surface area contributed by atoms with Crippen LogP contribution in [0, 0.1) is 10.1 Å². The highest BCUT2D eigenvalue weighted by Gasteiger charge is 2.07. The van der Waals surface area contributed by atoms with E-state index in [9.17, 15) is 20.0 Å². The summed E-state index contributed by atoms with van der Waals surface area (Å²) in [6.45, 7) is 2.02. The fourth-order valence-electron chi connectivity index (χ4n) is 1.88. The Bertz CT molecular complexity index is 754. The molecule has 0 aliphatic carbocycles. The predicted molar refractivity (Wildman–Crippen MR) is 83.4 cm³/mol. The fraction of sp³-hybridized carbons (Fsp3) is 0.125. The normalized spacial score (nSPS) is 10.7. The second-order valence-corrected chi connectivity index (χ2v) is 4.73. The number of carbonyl (C=O) groups is 1. The third kappa shape index (κ3) is 4.13. The quantitative estimate of drug-likeness (QED) is 0.517. The molecule has 1 amide bonds. The lowest BCUT2D eigenvalue weighted by Gasteiger charge is -2.06. The van der Waals surface area contributed by atoms with E-state index in [1.807, 2.05) is 19.1 Å². The van der Waals surface area contributed by atoms with Crippen molar-refractivity contribution in [1.82, 2.24) is 5.43 Å². The largest absolute Gasteiger partial charge is 0.868 e. The topological polar surface area (TPSA) is 108 Å². The molecule has 2 aromatic rings. The van der Waals surface area contributed by atoms with Gasteiger partial charge in [0.2, 0.25) is 0 Å². The molecule has 0 radical (unpaired) electrons. The summed E-state index contributed by atoms with van der Waals surface area (Å²) in [6, 6.07) is 10.7. The molecular weight excluding hydrogens is 298 g/mol. The van der Waals surface area contributed by atoms with Crippen LogP contribution in [0.1, 0.15) is 28.4 Å². The van der Waals surface area contributed by atoms with E-state index < -0.39 is 16.4 Å². The van der Waals surface area contributed by atoms with Crippen LogP contribution >= 0.6 is 0 Å². The van der Waals surface area contributed by atoms with Crippen LogP contribution < -0.4 is 10.5 Å². The van der Waals surface area contributed by atoms with Crippen molar-refractivity contribution in [2.75, 3.05) is 0 Å². The van der Waals surface area contributed by atoms with Crippen molar-refractivity contribution in [3.63, 3.8) is 0 Å². The van der Waals surface area contributed by atoms with Gasteiger partial charge in [-0.15, -0.1) is 0 Å². The summed E-state index contributed by atoms with van der Waals surface area (Å²) in [5, 5.41) is 25.7. The van der Waals surface area contributed by atoms with Crippen LogP contribution in [0.15, 0.2) is 47.6 Å². The van der Waals surface area contributed by atoms with Crippen molar-refractivity contribution in [3.8, 4) is 5.75 Å². The molecule has 0 aliphatic rings. The Labute approximate surface area is 132 Å². The molecule has 0 bridgehead atoms. The van der Waals surface area contributed by atoms with Gasteiger partial charge in [-0.25, -0.2) is 5.43 Å². The van der Waals surface area contributed by atoms with Crippen LogP contribution in [0.2, 0.25) is 0 Å². The van der Waals surface area contributed by atoms with Crippen molar-refractivity contribution in [1.29, 1.82) is 0 Å². The first-order valence-electron chi connectivity index (χ1n) is 6.89. The maximum absolute atomic E-state index is 11.9. The molecule has 0 aromatic heterocycles. The van der Waals surface area contributed by atoms with Gasteiger partial charge in [-0.05, 0) is 29.9 Å². The van der Waals surface area contributed by atoms with E-state index in [1.54, 1.807) is 12.1 Å². The number of hydrazone groups is 1. The first kappa shape index (κ1) is 16.2. The van der Waals surface area contributed by atoms with Crippen molar-refractivity contribution in [2.45, 2.75) is 13.3 Å². The van der Waals surface area contributed by atoms with Gasteiger partial charge in [0.1, 0.15) is 0 Å². The highest BCUT2D eigenvalue weighted by molar-refractivity contribution is 5.95. The van der Waals surface area contributed by atoms with E-state index in [0.29, 0.717) is 11.1 Å². The number of hydrogen-bond acceptors (Lipinski definition) is 5. The maximum Gasteiger partial charge on any atom is 0.271 e. The first-order chi connectivity index (χ1) is 11.0. The molecule has 0 saturated heterocycles. The van der Waals surface area contributed by atoms with E-state index in [-0.39, 0.29) is 5.91 Å². The third-order valence-electron chi connectivity index (χ3n) is 3.18. The molecule has 1 N–H and O–H groups in total. The molecule has 0 aliphatic heterocycles. The number of hydrogen-bond donors (Lipinski definition) is 1. The average molecular weight is 312 g/mol. The van der Waals surface area contributed by atoms with Crippen molar-refractivity contribution >= 4 is 17.8 Å². The molecule has 2 rings (SSSR count). The van der Waals surface area contributed by atoms with E-state index in [0.717, 1.165) is 24.1 Å². The lowest BCUT2D eigenvalue weighted by atomic mass is 10.1. The number of rotatable bonds is 5. The molecule has 7 nitrogen and oxygen atoms in total. The first-order valence-corrected chi connectivity index (χ1v) is 6.89. The van der Waals surface area contributed by atoms with Gasteiger partial charge in [0.15, 0.2) is 0 Å². The van der Waals surface area contributed by atoms with Gasteiger partial charge in [-0.2, -0.15) is 5.10 Å². The Morgan fingerprint density at radius 2 is 1.96 bits per heavy atom. The Morgan fingerprint density at radius 1 is 1.26 bits per heavy atom. The number of nitrogens with zero attached hydrogens (tertiary/aromatic N) is 2. The number of nitro groups is 1. The highest BCUT2D eigenvalue weighted by atomic mass is 16.6. The number of amides is 1. The third-order valence-corrected chi connectivity index (χ3v) is 3.18. The summed E-state index contributed by atoms with van der Waals surface area (Å²) >= 11 is 0. The summed E-state index contributed by atoms with van der Waals surface area (Å²) in [7, 11) is 0. The standard InChI is InChI=1S/C16H15N3O4/c1-2-11-3-6-13(7-4-11)16(21)18-17-10-12-5-8-15(20)14(9-12)19(22)23/h3-10,20H,2H2,1H3,(H,18,21)/p-1/b17-10-. The van der Waals surface area contributed by atoms with E-state index in [4.69, 9.17) is 0 Å². The molecule has 0 unspecified atom stereocenters. The number of nitrogens with one attached hydrogen (secondary N) is 1. The molecule has 118 valence electrons. The molecular formula is C16H14N3O4-. The van der Waals surface area contributed by atoms with Crippen LogP contribution in [0.4, 0.5) is 5.69 Å². The molecule has 0 saturated carbocycles. The van der Waals surface area contributed by atoms with E-state index in [2.05, 4.69) is 10.5 Å². The zero-order valence-corrected chi connectivity index (χ0v) is 12.4. The van der Waals surface area contributed by atoms with Crippen molar-refractivity contribution in [2.24, 2.45) is 5.10 Å². The van der Waals surface area contributed by atoms with E-state index in [1.165, 1.54) is 12.3 Å². The van der Waals surface area contributed by atoms with Gasteiger partial charge in [0.25, 0.3) is 11.6 Å². The SMILES string of the molecule is CCc1ccc(C(=O)N/N=C\c2ccc([O-])c([N+](=O)[O-])c2)cc1. The minimum absolute atomic E-state index is 0.345.